The van der Waals surface area contributed by atoms with Crippen LogP contribution in [0.4, 0.5) is 4.39 Å². The van der Waals surface area contributed by atoms with E-state index in [0.717, 1.165) is 37.9 Å². The molecule has 1 heterocycles. The highest BCUT2D eigenvalue weighted by atomic mass is 19.1. The van der Waals surface area contributed by atoms with Gasteiger partial charge in [-0.2, -0.15) is 0 Å². The Morgan fingerprint density at radius 3 is 2.95 bits per heavy atom. The summed E-state index contributed by atoms with van der Waals surface area (Å²) in [5, 5.41) is 0. The molecule has 2 N–H and O–H groups in total. The van der Waals surface area contributed by atoms with Gasteiger partial charge in [-0.05, 0) is 49.8 Å². The molecule has 4 heteroatoms. The van der Waals surface area contributed by atoms with Crippen LogP contribution in [0.25, 0.3) is 0 Å². The lowest BCUT2D eigenvalue weighted by Crippen LogP contribution is -2.26. The first-order valence-corrected chi connectivity index (χ1v) is 7.47. The van der Waals surface area contributed by atoms with Crippen LogP contribution >= 0.6 is 0 Å². The highest BCUT2D eigenvalue weighted by Crippen LogP contribution is 2.21. The minimum atomic E-state index is -0.318. The number of rotatable bonds is 6. The summed E-state index contributed by atoms with van der Waals surface area (Å²) in [7, 11) is 0. The van der Waals surface area contributed by atoms with Gasteiger partial charge in [0.15, 0.2) is 11.6 Å². The molecule has 1 aliphatic heterocycles. The summed E-state index contributed by atoms with van der Waals surface area (Å²) >= 11 is 0. The first kappa shape index (κ1) is 15.3. The topological polar surface area (TPSA) is 44.5 Å². The second kappa shape index (κ2) is 7.60. The van der Waals surface area contributed by atoms with Gasteiger partial charge in [0.2, 0.25) is 0 Å². The maximum atomic E-state index is 14.0. The minimum Gasteiger partial charge on any atom is -0.488 e. The van der Waals surface area contributed by atoms with Crippen molar-refractivity contribution < 1.29 is 13.9 Å². The molecule has 1 saturated heterocycles. The Morgan fingerprint density at radius 2 is 2.30 bits per heavy atom. The van der Waals surface area contributed by atoms with Gasteiger partial charge < -0.3 is 15.2 Å². The van der Waals surface area contributed by atoms with Crippen molar-refractivity contribution in [3.8, 4) is 5.75 Å². The fraction of sp³-hybridized carbons (Fsp3) is 0.625. The van der Waals surface area contributed by atoms with Crippen molar-refractivity contribution >= 4 is 0 Å². The number of halogens is 1. The van der Waals surface area contributed by atoms with Crippen LogP contribution in [-0.4, -0.2) is 25.4 Å². The van der Waals surface area contributed by atoms with Crippen molar-refractivity contribution in [2.24, 2.45) is 5.73 Å². The Hall–Kier alpha value is -1.13. The van der Waals surface area contributed by atoms with E-state index in [1.165, 1.54) is 6.07 Å². The summed E-state index contributed by atoms with van der Waals surface area (Å²) in [6.45, 7) is 3.23. The monoisotopic (exact) mass is 281 g/mol. The van der Waals surface area contributed by atoms with Crippen molar-refractivity contribution in [3.63, 3.8) is 0 Å². The zero-order valence-corrected chi connectivity index (χ0v) is 12.1. The van der Waals surface area contributed by atoms with E-state index in [9.17, 15) is 4.39 Å². The van der Waals surface area contributed by atoms with E-state index in [2.05, 4.69) is 0 Å². The lowest BCUT2D eigenvalue weighted by molar-refractivity contribution is -0.0117. The van der Waals surface area contributed by atoms with Gasteiger partial charge in [-0.15, -0.1) is 0 Å². The number of benzene rings is 1. The van der Waals surface area contributed by atoms with Crippen molar-refractivity contribution in [2.45, 2.75) is 51.2 Å². The summed E-state index contributed by atoms with van der Waals surface area (Å²) in [5.74, 6) is -0.0189. The Balaban J connectivity index is 1.88. The van der Waals surface area contributed by atoms with Gasteiger partial charge in [0.1, 0.15) is 6.61 Å². The zero-order chi connectivity index (χ0) is 14.4. The molecule has 1 aromatic rings. The van der Waals surface area contributed by atoms with E-state index >= 15 is 0 Å². The van der Waals surface area contributed by atoms with Gasteiger partial charge in [-0.3, -0.25) is 0 Å². The lowest BCUT2D eigenvalue weighted by Gasteiger charge is -2.22. The van der Waals surface area contributed by atoms with Crippen LogP contribution in [0.1, 0.15) is 38.2 Å². The Morgan fingerprint density at radius 1 is 1.45 bits per heavy atom. The van der Waals surface area contributed by atoms with Gasteiger partial charge in [0, 0.05) is 12.6 Å². The number of ether oxygens (including phenoxy) is 2. The highest BCUT2D eigenvalue weighted by Gasteiger charge is 2.15. The molecule has 0 saturated carbocycles. The lowest BCUT2D eigenvalue weighted by atomic mass is 10.0. The van der Waals surface area contributed by atoms with Crippen LogP contribution < -0.4 is 10.5 Å². The summed E-state index contributed by atoms with van der Waals surface area (Å²) in [6, 6.07) is 5.18. The van der Waals surface area contributed by atoms with Gasteiger partial charge in [-0.25, -0.2) is 4.39 Å². The molecule has 2 atom stereocenters. The van der Waals surface area contributed by atoms with E-state index in [-0.39, 0.29) is 18.0 Å². The first-order valence-electron chi connectivity index (χ1n) is 7.47. The van der Waals surface area contributed by atoms with E-state index in [1.807, 2.05) is 13.0 Å². The zero-order valence-electron chi connectivity index (χ0n) is 12.1. The molecule has 20 heavy (non-hydrogen) atoms. The third kappa shape index (κ3) is 4.46. The molecule has 2 rings (SSSR count). The molecule has 0 aromatic heterocycles. The molecule has 0 bridgehead atoms. The molecule has 112 valence electrons. The normalized spacial score (nSPS) is 20.6. The van der Waals surface area contributed by atoms with Crippen molar-refractivity contribution in [3.05, 3.63) is 29.6 Å². The molecule has 0 spiro atoms. The summed E-state index contributed by atoms with van der Waals surface area (Å²) < 4.78 is 25.0. The minimum absolute atomic E-state index is 0.0804. The molecule has 0 aliphatic carbocycles. The summed E-state index contributed by atoms with van der Waals surface area (Å²) in [5.41, 5.74) is 6.79. The fourth-order valence-corrected chi connectivity index (χ4v) is 2.36. The van der Waals surface area contributed by atoms with Crippen LogP contribution in [0.3, 0.4) is 0 Å². The second-order valence-electron chi connectivity index (χ2n) is 5.44. The molecule has 0 radical (unpaired) electrons. The van der Waals surface area contributed by atoms with E-state index < -0.39 is 0 Å². The molecule has 0 amide bonds. The Bertz CT molecular complexity index is 419. The van der Waals surface area contributed by atoms with Gasteiger partial charge in [0.05, 0.1) is 6.10 Å². The Labute approximate surface area is 120 Å². The maximum Gasteiger partial charge on any atom is 0.165 e. The van der Waals surface area contributed by atoms with E-state index in [1.54, 1.807) is 6.07 Å². The first-order chi connectivity index (χ1) is 9.69. The van der Waals surface area contributed by atoms with Gasteiger partial charge in [-0.1, -0.05) is 13.0 Å². The maximum absolute atomic E-state index is 14.0. The second-order valence-corrected chi connectivity index (χ2v) is 5.44. The summed E-state index contributed by atoms with van der Waals surface area (Å²) in [6.07, 6.45) is 4.93. The smallest absolute Gasteiger partial charge is 0.165 e. The van der Waals surface area contributed by atoms with Crippen molar-refractivity contribution in [2.75, 3.05) is 13.2 Å². The van der Waals surface area contributed by atoms with Crippen molar-refractivity contribution in [1.82, 2.24) is 0 Å². The van der Waals surface area contributed by atoms with Crippen molar-refractivity contribution in [1.29, 1.82) is 0 Å². The van der Waals surface area contributed by atoms with E-state index in [0.29, 0.717) is 18.8 Å². The third-order valence-corrected chi connectivity index (χ3v) is 3.72. The van der Waals surface area contributed by atoms with Crippen LogP contribution in [0, 0.1) is 5.82 Å². The Kier molecular flexibility index (Phi) is 5.80. The van der Waals surface area contributed by atoms with Gasteiger partial charge >= 0.3 is 0 Å². The molecular formula is C16H24FNO2. The highest BCUT2D eigenvalue weighted by molar-refractivity contribution is 5.29. The van der Waals surface area contributed by atoms with Gasteiger partial charge in [0.25, 0.3) is 0 Å². The molecular weight excluding hydrogens is 257 g/mol. The molecule has 2 unspecified atom stereocenters. The number of hydrogen-bond donors (Lipinski definition) is 1. The SMILES string of the molecule is CCC(N)Cc1ccc(OCC2CCCCO2)c(F)c1. The standard InChI is InChI=1S/C16H24FNO2/c1-2-13(18)9-12-6-7-16(15(17)10-12)20-11-14-5-3-4-8-19-14/h6-7,10,13-14H,2-5,8-9,11,18H2,1H3. The van der Waals surface area contributed by atoms with E-state index in [4.69, 9.17) is 15.2 Å². The molecule has 3 nitrogen and oxygen atoms in total. The van der Waals surface area contributed by atoms with Crippen LogP contribution in [0.2, 0.25) is 0 Å². The average molecular weight is 281 g/mol. The van der Waals surface area contributed by atoms with Crippen LogP contribution in [0.5, 0.6) is 5.75 Å². The molecule has 1 aromatic carbocycles. The molecule has 1 aliphatic rings. The third-order valence-electron chi connectivity index (χ3n) is 3.72. The number of nitrogens with two attached hydrogens (primary N) is 1. The number of hydrogen-bond acceptors (Lipinski definition) is 3. The summed E-state index contributed by atoms with van der Waals surface area (Å²) in [4.78, 5) is 0. The predicted molar refractivity (Wildman–Crippen MR) is 77.5 cm³/mol. The quantitative estimate of drug-likeness (QED) is 0.871. The fourth-order valence-electron chi connectivity index (χ4n) is 2.36. The largest absolute Gasteiger partial charge is 0.488 e. The average Bonchev–Trinajstić information content (AvgIpc) is 2.47. The van der Waals surface area contributed by atoms with Crippen LogP contribution in [0.15, 0.2) is 18.2 Å². The molecule has 1 fully saturated rings. The van der Waals surface area contributed by atoms with Crippen LogP contribution in [-0.2, 0) is 11.2 Å². The predicted octanol–water partition coefficient (Wildman–Crippen LogP) is 3.05.